The fraction of sp³-hybridized carbons (Fsp3) is 0.182. The zero-order valence-electron chi connectivity index (χ0n) is 7.97. The summed E-state index contributed by atoms with van der Waals surface area (Å²) in [6.45, 7) is 0.716. The molecule has 0 atom stereocenters. The van der Waals surface area contributed by atoms with E-state index >= 15 is 0 Å². The van der Waals surface area contributed by atoms with Crippen LogP contribution >= 0.6 is 0 Å². The van der Waals surface area contributed by atoms with Gasteiger partial charge in [0.05, 0.1) is 19.9 Å². The van der Waals surface area contributed by atoms with Gasteiger partial charge in [0.1, 0.15) is 5.75 Å². The molecule has 0 aliphatic rings. The van der Waals surface area contributed by atoms with Crippen molar-refractivity contribution in [1.82, 2.24) is 9.78 Å². The largest absolute Gasteiger partial charge is 0.496 e. The van der Waals surface area contributed by atoms with E-state index in [-0.39, 0.29) is 0 Å². The molecule has 0 amide bonds. The standard InChI is InChI=1S/C11H11N2O/c1-14-11-6-3-2-5-10(11)9-13-8-4-7-12-13/h2-3,5-8H,9H2,1H3. The maximum Gasteiger partial charge on any atom is 0.123 e. The molecule has 1 radical (unpaired) electrons. The van der Waals surface area contributed by atoms with Crippen LogP contribution in [0, 0.1) is 6.07 Å². The molecular weight excluding hydrogens is 176 g/mol. The van der Waals surface area contributed by atoms with Gasteiger partial charge in [-0.25, -0.2) is 0 Å². The molecule has 2 aromatic rings. The van der Waals surface area contributed by atoms with Gasteiger partial charge in [-0.15, -0.1) is 0 Å². The van der Waals surface area contributed by atoms with Gasteiger partial charge in [0.15, 0.2) is 0 Å². The van der Waals surface area contributed by atoms with Gasteiger partial charge in [-0.05, 0) is 6.07 Å². The lowest BCUT2D eigenvalue weighted by Crippen LogP contribution is -2.01. The number of ether oxygens (including phenoxy) is 1. The lowest BCUT2D eigenvalue weighted by molar-refractivity contribution is 0.407. The van der Waals surface area contributed by atoms with Crippen LogP contribution in [0.3, 0.4) is 0 Å². The number of para-hydroxylation sites is 1. The van der Waals surface area contributed by atoms with Gasteiger partial charge in [0.2, 0.25) is 0 Å². The molecule has 0 spiro atoms. The molecule has 1 aromatic heterocycles. The molecular formula is C11H11N2O. The Morgan fingerprint density at radius 1 is 1.43 bits per heavy atom. The van der Waals surface area contributed by atoms with Crippen molar-refractivity contribution >= 4 is 0 Å². The van der Waals surface area contributed by atoms with E-state index in [0.29, 0.717) is 6.54 Å². The minimum Gasteiger partial charge on any atom is -0.496 e. The first-order valence-corrected chi connectivity index (χ1v) is 4.40. The van der Waals surface area contributed by atoms with Crippen molar-refractivity contribution in [3.8, 4) is 5.75 Å². The Morgan fingerprint density at radius 2 is 2.29 bits per heavy atom. The van der Waals surface area contributed by atoms with Gasteiger partial charge in [0, 0.05) is 17.8 Å². The molecule has 3 heteroatoms. The third kappa shape index (κ3) is 1.76. The molecule has 14 heavy (non-hydrogen) atoms. The zero-order valence-corrected chi connectivity index (χ0v) is 7.97. The molecule has 0 aliphatic carbocycles. The molecule has 0 saturated heterocycles. The van der Waals surface area contributed by atoms with Gasteiger partial charge in [0.25, 0.3) is 0 Å². The van der Waals surface area contributed by atoms with Crippen molar-refractivity contribution in [2.75, 3.05) is 7.11 Å². The van der Waals surface area contributed by atoms with Crippen LogP contribution in [0.2, 0.25) is 0 Å². The minimum atomic E-state index is 0.716. The van der Waals surface area contributed by atoms with Crippen molar-refractivity contribution in [1.29, 1.82) is 0 Å². The highest BCUT2D eigenvalue weighted by atomic mass is 16.5. The minimum absolute atomic E-state index is 0.716. The number of aromatic nitrogens is 2. The van der Waals surface area contributed by atoms with Crippen LogP contribution < -0.4 is 4.74 Å². The third-order valence-corrected chi connectivity index (χ3v) is 2.03. The van der Waals surface area contributed by atoms with E-state index in [1.54, 1.807) is 13.3 Å². The van der Waals surface area contributed by atoms with Crippen LogP contribution in [0.15, 0.2) is 36.7 Å². The molecule has 0 unspecified atom stereocenters. The summed E-state index contributed by atoms with van der Waals surface area (Å²) in [7, 11) is 1.67. The van der Waals surface area contributed by atoms with Gasteiger partial charge in [-0.3, -0.25) is 4.68 Å². The molecule has 1 aromatic carbocycles. The third-order valence-electron chi connectivity index (χ3n) is 2.03. The molecule has 3 nitrogen and oxygen atoms in total. The second kappa shape index (κ2) is 3.96. The lowest BCUT2D eigenvalue weighted by Gasteiger charge is -2.07. The maximum absolute atomic E-state index is 5.24. The summed E-state index contributed by atoms with van der Waals surface area (Å²) in [5.74, 6) is 0.892. The first kappa shape index (κ1) is 8.81. The van der Waals surface area contributed by atoms with E-state index in [1.165, 1.54) is 0 Å². The number of benzene rings is 1. The Labute approximate surface area is 82.9 Å². The van der Waals surface area contributed by atoms with E-state index in [9.17, 15) is 0 Å². The monoisotopic (exact) mass is 187 g/mol. The highest BCUT2D eigenvalue weighted by Crippen LogP contribution is 2.17. The Hall–Kier alpha value is -1.77. The van der Waals surface area contributed by atoms with Crippen molar-refractivity contribution in [3.05, 3.63) is 48.3 Å². The van der Waals surface area contributed by atoms with Gasteiger partial charge in [-0.2, -0.15) is 5.10 Å². The molecule has 0 N–H and O–H groups in total. The normalized spacial score (nSPS) is 10.1. The van der Waals surface area contributed by atoms with Crippen molar-refractivity contribution < 1.29 is 4.74 Å². The molecule has 1 heterocycles. The van der Waals surface area contributed by atoms with E-state index in [1.807, 2.05) is 35.1 Å². The number of hydrogen-bond acceptors (Lipinski definition) is 2. The average Bonchev–Trinajstić information content (AvgIpc) is 2.71. The average molecular weight is 187 g/mol. The summed E-state index contributed by atoms with van der Waals surface area (Å²) >= 11 is 0. The maximum atomic E-state index is 5.24. The molecule has 0 fully saturated rings. The summed E-state index contributed by atoms with van der Waals surface area (Å²) in [5, 5.41) is 4.09. The topological polar surface area (TPSA) is 27.1 Å². The van der Waals surface area contributed by atoms with Crippen LogP contribution in [0.1, 0.15) is 5.56 Å². The lowest BCUT2D eigenvalue weighted by atomic mass is 10.2. The van der Waals surface area contributed by atoms with Gasteiger partial charge < -0.3 is 4.74 Å². The Kier molecular flexibility index (Phi) is 2.49. The van der Waals surface area contributed by atoms with E-state index in [2.05, 4.69) is 11.2 Å². The summed E-state index contributed by atoms with van der Waals surface area (Å²) < 4.78 is 7.06. The summed E-state index contributed by atoms with van der Waals surface area (Å²) in [6.07, 6.45) is 3.46. The number of methoxy groups -OCH3 is 1. The summed E-state index contributed by atoms with van der Waals surface area (Å²) in [6, 6.07) is 10.8. The molecule has 0 bridgehead atoms. The number of rotatable bonds is 3. The fourth-order valence-corrected chi connectivity index (χ4v) is 1.35. The highest BCUT2D eigenvalue weighted by Gasteiger charge is 2.01. The predicted octanol–water partition coefficient (Wildman–Crippen LogP) is 1.74. The summed E-state index contributed by atoms with van der Waals surface area (Å²) in [4.78, 5) is 0. The molecule has 2 rings (SSSR count). The summed E-state index contributed by atoms with van der Waals surface area (Å²) in [5.41, 5.74) is 1.12. The Morgan fingerprint density at radius 3 is 3.00 bits per heavy atom. The Bertz CT molecular complexity index is 395. The zero-order chi connectivity index (χ0) is 9.80. The van der Waals surface area contributed by atoms with Crippen LogP contribution in [0.5, 0.6) is 5.75 Å². The molecule has 0 saturated carbocycles. The van der Waals surface area contributed by atoms with Crippen LogP contribution in [-0.4, -0.2) is 16.9 Å². The van der Waals surface area contributed by atoms with Crippen LogP contribution in [-0.2, 0) is 6.54 Å². The Balaban J connectivity index is 2.24. The van der Waals surface area contributed by atoms with Crippen LogP contribution in [0.25, 0.3) is 0 Å². The fourth-order valence-electron chi connectivity index (χ4n) is 1.35. The quantitative estimate of drug-likeness (QED) is 0.731. The first-order chi connectivity index (χ1) is 6.90. The highest BCUT2D eigenvalue weighted by molar-refractivity contribution is 5.33. The van der Waals surface area contributed by atoms with Gasteiger partial charge in [-0.1, -0.05) is 18.2 Å². The van der Waals surface area contributed by atoms with Gasteiger partial charge >= 0.3 is 0 Å². The number of nitrogens with zero attached hydrogens (tertiary/aromatic N) is 2. The first-order valence-electron chi connectivity index (χ1n) is 4.40. The van der Waals surface area contributed by atoms with E-state index < -0.39 is 0 Å². The van der Waals surface area contributed by atoms with E-state index in [0.717, 1.165) is 11.3 Å². The van der Waals surface area contributed by atoms with Crippen molar-refractivity contribution in [2.45, 2.75) is 6.54 Å². The predicted molar refractivity (Wildman–Crippen MR) is 53.2 cm³/mol. The second-order valence-corrected chi connectivity index (χ2v) is 2.95. The number of hydrogen-bond donors (Lipinski definition) is 0. The van der Waals surface area contributed by atoms with Crippen LogP contribution in [0.4, 0.5) is 0 Å². The second-order valence-electron chi connectivity index (χ2n) is 2.95. The van der Waals surface area contributed by atoms with Crippen molar-refractivity contribution in [3.63, 3.8) is 0 Å². The SMILES string of the molecule is COc1ccccc1Cn1c[c]cn1. The smallest absolute Gasteiger partial charge is 0.123 e. The van der Waals surface area contributed by atoms with E-state index in [4.69, 9.17) is 4.74 Å². The van der Waals surface area contributed by atoms with Crippen molar-refractivity contribution in [2.24, 2.45) is 0 Å². The molecule has 71 valence electrons. The molecule has 0 aliphatic heterocycles.